The summed E-state index contributed by atoms with van der Waals surface area (Å²) in [5.74, 6) is -0.446. The van der Waals surface area contributed by atoms with Crippen LogP contribution in [-0.2, 0) is 16.1 Å². The van der Waals surface area contributed by atoms with Crippen molar-refractivity contribution in [2.24, 2.45) is 5.92 Å². The van der Waals surface area contributed by atoms with Gasteiger partial charge in [-0.25, -0.2) is 4.98 Å². The minimum absolute atomic E-state index is 0.0222. The van der Waals surface area contributed by atoms with Crippen LogP contribution in [-0.4, -0.2) is 28.2 Å². The van der Waals surface area contributed by atoms with Crippen molar-refractivity contribution in [3.8, 4) is 0 Å². The first-order valence-electron chi connectivity index (χ1n) is 8.58. The summed E-state index contributed by atoms with van der Waals surface area (Å²) in [7, 11) is 0. The summed E-state index contributed by atoms with van der Waals surface area (Å²) in [6.07, 6.45) is 0.253. The number of hydrogen-bond donors (Lipinski definition) is 1. The zero-order chi connectivity index (χ0) is 18.1. The van der Waals surface area contributed by atoms with Crippen LogP contribution in [0.25, 0.3) is 10.2 Å². The molecule has 1 aliphatic heterocycles. The number of carbonyl (C=O) groups is 2. The lowest BCUT2D eigenvalue weighted by atomic mass is 10.1. The number of aryl methyl sites for hydroxylation is 1. The number of hydrogen-bond acceptors (Lipinski definition) is 4. The zero-order valence-corrected chi connectivity index (χ0v) is 15.3. The van der Waals surface area contributed by atoms with E-state index in [0.717, 1.165) is 21.3 Å². The third-order valence-corrected chi connectivity index (χ3v) is 5.51. The van der Waals surface area contributed by atoms with Crippen molar-refractivity contribution in [1.82, 2.24) is 9.88 Å². The highest BCUT2D eigenvalue weighted by Gasteiger charge is 2.34. The van der Waals surface area contributed by atoms with Crippen molar-refractivity contribution in [2.45, 2.75) is 19.9 Å². The van der Waals surface area contributed by atoms with E-state index in [1.165, 1.54) is 11.3 Å². The van der Waals surface area contributed by atoms with Crippen LogP contribution in [0, 0.1) is 12.8 Å². The molecule has 0 radical (unpaired) electrons. The molecule has 2 heterocycles. The van der Waals surface area contributed by atoms with Gasteiger partial charge in [0.05, 0.1) is 16.1 Å². The number of amides is 2. The number of benzene rings is 2. The second-order valence-electron chi connectivity index (χ2n) is 6.64. The van der Waals surface area contributed by atoms with E-state index < -0.39 is 0 Å². The molecule has 6 heteroatoms. The number of thiazole rings is 1. The summed E-state index contributed by atoms with van der Waals surface area (Å²) in [6, 6.07) is 15.9. The molecule has 0 spiro atoms. The van der Waals surface area contributed by atoms with Gasteiger partial charge < -0.3 is 10.2 Å². The van der Waals surface area contributed by atoms with Gasteiger partial charge in [0.15, 0.2) is 5.13 Å². The molecule has 1 atom stereocenters. The standard InChI is InChI=1S/C20H19N3O2S/c1-13-7-8-16-17(9-13)26-20(21-16)22-19(25)15-10-18(24)23(12-15)11-14-5-3-2-4-6-14/h2-9,15H,10-12H2,1H3,(H,21,22,25)/t15-/m1/s1. The molecule has 1 N–H and O–H groups in total. The Labute approximate surface area is 155 Å². The number of carbonyl (C=O) groups excluding carboxylic acids is 2. The first-order valence-corrected chi connectivity index (χ1v) is 9.40. The van der Waals surface area contributed by atoms with Gasteiger partial charge in [0, 0.05) is 19.5 Å². The summed E-state index contributed by atoms with van der Waals surface area (Å²) < 4.78 is 1.05. The van der Waals surface area contributed by atoms with Crippen LogP contribution in [0.5, 0.6) is 0 Å². The number of rotatable bonds is 4. The van der Waals surface area contributed by atoms with Crippen LogP contribution in [0.3, 0.4) is 0 Å². The third-order valence-electron chi connectivity index (χ3n) is 4.58. The van der Waals surface area contributed by atoms with Crippen LogP contribution >= 0.6 is 11.3 Å². The van der Waals surface area contributed by atoms with Crippen LogP contribution in [0.4, 0.5) is 5.13 Å². The van der Waals surface area contributed by atoms with Gasteiger partial charge in [0.1, 0.15) is 0 Å². The lowest BCUT2D eigenvalue weighted by Crippen LogP contribution is -2.28. The average molecular weight is 365 g/mol. The average Bonchev–Trinajstić information content (AvgIpc) is 3.18. The largest absolute Gasteiger partial charge is 0.338 e. The van der Waals surface area contributed by atoms with Crippen molar-refractivity contribution in [3.63, 3.8) is 0 Å². The maximum Gasteiger partial charge on any atom is 0.231 e. The molecular formula is C20H19N3O2S. The monoisotopic (exact) mass is 365 g/mol. The van der Waals surface area contributed by atoms with Gasteiger partial charge in [-0.2, -0.15) is 0 Å². The van der Waals surface area contributed by atoms with Crippen molar-refractivity contribution < 1.29 is 9.59 Å². The Hall–Kier alpha value is -2.73. The lowest BCUT2D eigenvalue weighted by Gasteiger charge is -2.16. The van der Waals surface area contributed by atoms with E-state index in [4.69, 9.17) is 0 Å². The van der Waals surface area contributed by atoms with Crippen LogP contribution < -0.4 is 5.32 Å². The van der Waals surface area contributed by atoms with Gasteiger partial charge >= 0.3 is 0 Å². The highest BCUT2D eigenvalue weighted by molar-refractivity contribution is 7.22. The fourth-order valence-electron chi connectivity index (χ4n) is 3.20. The SMILES string of the molecule is Cc1ccc2nc(NC(=O)[C@@H]3CC(=O)N(Cc4ccccc4)C3)sc2c1. The molecule has 0 unspecified atom stereocenters. The Morgan fingerprint density at radius 2 is 2.08 bits per heavy atom. The molecule has 5 nitrogen and oxygen atoms in total. The molecule has 2 amide bonds. The summed E-state index contributed by atoms with van der Waals surface area (Å²) in [5.41, 5.74) is 3.12. The summed E-state index contributed by atoms with van der Waals surface area (Å²) >= 11 is 1.46. The molecule has 1 saturated heterocycles. The summed E-state index contributed by atoms with van der Waals surface area (Å²) in [5, 5.41) is 3.47. The van der Waals surface area contributed by atoms with E-state index in [1.807, 2.05) is 49.4 Å². The molecule has 26 heavy (non-hydrogen) atoms. The molecule has 0 saturated carbocycles. The molecule has 4 rings (SSSR count). The molecule has 132 valence electrons. The molecule has 1 aliphatic rings. The Balaban J connectivity index is 1.42. The normalized spacial score (nSPS) is 17.0. The predicted molar refractivity (Wildman–Crippen MR) is 103 cm³/mol. The molecular weight excluding hydrogens is 346 g/mol. The van der Waals surface area contributed by atoms with Crippen molar-refractivity contribution in [2.75, 3.05) is 11.9 Å². The Kier molecular flexibility index (Phi) is 4.42. The fraction of sp³-hybridized carbons (Fsp3) is 0.250. The Morgan fingerprint density at radius 1 is 1.27 bits per heavy atom. The van der Waals surface area contributed by atoms with Gasteiger partial charge in [-0.15, -0.1) is 0 Å². The number of fused-ring (bicyclic) bond motifs is 1. The smallest absolute Gasteiger partial charge is 0.231 e. The van der Waals surface area contributed by atoms with E-state index in [2.05, 4.69) is 16.4 Å². The molecule has 0 aliphatic carbocycles. The number of anilines is 1. The van der Waals surface area contributed by atoms with Crippen LogP contribution in [0.2, 0.25) is 0 Å². The van der Waals surface area contributed by atoms with E-state index in [-0.39, 0.29) is 24.2 Å². The summed E-state index contributed by atoms with van der Waals surface area (Å²) in [6.45, 7) is 3.02. The number of nitrogens with one attached hydrogen (secondary N) is 1. The maximum absolute atomic E-state index is 12.6. The quantitative estimate of drug-likeness (QED) is 0.768. The second-order valence-corrected chi connectivity index (χ2v) is 7.67. The van der Waals surface area contributed by atoms with E-state index in [9.17, 15) is 9.59 Å². The Morgan fingerprint density at radius 3 is 2.88 bits per heavy atom. The van der Waals surface area contributed by atoms with Crippen molar-refractivity contribution in [1.29, 1.82) is 0 Å². The minimum Gasteiger partial charge on any atom is -0.338 e. The van der Waals surface area contributed by atoms with E-state index >= 15 is 0 Å². The first-order chi connectivity index (χ1) is 12.6. The van der Waals surface area contributed by atoms with Gasteiger partial charge in [-0.1, -0.05) is 47.7 Å². The second kappa shape index (κ2) is 6.88. The van der Waals surface area contributed by atoms with Gasteiger partial charge in [0.2, 0.25) is 11.8 Å². The molecule has 0 bridgehead atoms. The van der Waals surface area contributed by atoms with Crippen molar-refractivity contribution >= 4 is 38.5 Å². The number of nitrogens with zero attached hydrogens (tertiary/aromatic N) is 2. The first kappa shape index (κ1) is 16.7. The van der Waals surface area contributed by atoms with Gasteiger partial charge in [0.25, 0.3) is 0 Å². The minimum atomic E-state index is -0.333. The van der Waals surface area contributed by atoms with Gasteiger partial charge in [-0.05, 0) is 30.2 Å². The number of aromatic nitrogens is 1. The zero-order valence-electron chi connectivity index (χ0n) is 14.4. The van der Waals surface area contributed by atoms with Crippen LogP contribution in [0.1, 0.15) is 17.5 Å². The molecule has 1 aromatic heterocycles. The summed E-state index contributed by atoms with van der Waals surface area (Å²) in [4.78, 5) is 31.0. The fourth-order valence-corrected chi connectivity index (χ4v) is 4.16. The van der Waals surface area contributed by atoms with E-state index in [1.54, 1.807) is 4.90 Å². The molecule has 1 fully saturated rings. The van der Waals surface area contributed by atoms with E-state index in [0.29, 0.717) is 18.2 Å². The molecule has 2 aromatic carbocycles. The predicted octanol–water partition coefficient (Wildman–Crippen LogP) is 3.59. The number of likely N-dealkylation sites (tertiary alicyclic amines) is 1. The topological polar surface area (TPSA) is 62.3 Å². The highest BCUT2D eigenvalue weighted by atomic mass is 32.1. The maximum atomic E-state index is 12.6. The third kappa shape index (κ3) is 3.46. The lowest BCUT2D eigenvalue weighted by molar-refractivity contribution is -0.128. The van der Waals surface area contributed by atoms with Crippen LogP contribution in [0.15, 0.2) is 48.5 Å². The highest BCUT2D eigenvalue weighted by Crippen LogP contribution is 2.28. The Bertz CT molecular complexity index is 968. The molecule has 3 aromatic rings. The van der Waals surface area contributed by atoms with Gasteiger partial charge in [-0.3, -0.25) is 9.59 Å². The van der Waals surface area contributed by atoms with Crippen molar-refractivity contribution in [3.05, 3.63) is 59.7 Å².